The van der Waals surface area contributed by atoms with E-state index in [-0.39, 0.29) is 17.8 Å². The van der Waals surface area contributed by atoms with Crippen LogP contribution in [0.5, 0.6) is 11.5 Å². The molecule has 0 aromatic heterocycles. The van der Waals surface area contributed by atoms with Crippen molar-refractivity contribution in [1.29, 1.82) is 0 Å². The van der Waals surface area contributed by atoms with Crippen molar-refractivity contribution >= 4 is 5.69 Å². The van der Waals surface area contributed by atoms with Gasteiger partial charge in [0, 0.05) is 29.3 Å². The third-order valence-corrected chi connectivity index (χ3v) is 6.04. The van der Waals surface area contributed by atoms with E-state index in [2.05, 4.69) is 47.7 Å². The molecular weight excluding hydrogens is 394 g/mol. The lowest BCUT2D eigenvalue weighted by atomic mass is 9.94. The maximum absolute atomic E-state index is 11.1. The number of hydrogen-bond acceptors (Lipinski definition) is 6. The van der Waals surface area contributed by atoms with Gasteiger partial charge in [-0.25, -0.2) is 5.43 Å². The van der Waals surface area contributed by atoms with Crippen molar-refractivity contribution in [3.8, 4) is 11.5 Å². The average molecular weight is 417 g/mol. The Morgan fingerprint density at radius 2 is 1.77 bits per heavy atom. The van der Waals surface area contributed by atoms with Gasteiger partial charge in [-0.1, -0.05) is 42.0 Å². The minimum Gasteiger partial charge on any atom is -0.493 e. The Morgan fingerprint density at radius 3 is 2.45 bits per heavy atom. The largest absolute Gasteiger partial charge is 0.493 e. The Hall–Kier alpha value is -3.42. The summed E-state index contributed by atoms with van der Waals surface area (Å²) in [7, 11) is 1.63. The second kappa shape index (κ2) is 7.68. The summed E-state index contributed by atoms with van der Waals surface area (Å²) >= 11 is 0. The second-order valence-electron chi connectivity index (χ2n) is 7.95. The SMILES string of the molecule is COc1cccc2c1O[C@H](c1ccc([N+](=O)[O-])cc1)N1N[C@@H](c3ccc(C)cc3)C[C@H]21. The number of aryl methyl sites for hydroxylation is 1. The lowest BCUT2D eigenvalue weighted by Crippen LogP contribution is -2.42. The van der Waals surface area contributed by atoms with Crippen molar-refractivity contribution in [1.82, 2.24) is 10.4 Å². The topological polar surface area (TPSA) is 76.9 Å². The number of nitrogens with zero attached hydrogens (tertiary/aromatic N) is 2. The van der Waals surface area contributed by atoms with Gasteiger partial charge >= 0.3 is 0 Å². The minimum absolute atomic E-state index is 0.0565. The molecule has 31 heavy (non-hydrogen) atoms. The van der Waals surface area contributed by atoms with Crippen molar-refractivity contribution in [3.63, 3.8) is 0 Å². The van der Waals surface area contributed by atoms with E-state index in [0.29, 0.717) is 5.75 Å². The first-order valence-corrected chi connectivity index (χ1v) is 10.2. The summed E-state index contributed by atoms with van der Waals surface area (Å²) in [5, 5.41) is 13.2. The van der Waals surface area contributed by atoms with Crippen molar-refractivity contribution in [3.05, 3.63) is 99.1 Å². The molecule has 7 nitrogen and oxygen atoms in total. The Bertz CT molecular complexity index is 1110. The number of benzene rings is 3. The smallest absolute Gasteiger partial charge is 0.269 e. The predicted octanol–water partition coefficient (Wildman–Crippen LogP) is 5.00. The van der Waals surface area contributed by atoms with Crippen LogP contribution in [0.15, 0.2) is 66.7 Å². The van der Waals surface area contributed by atoms with E-state index >= 15 is 0 Å². The first-order valence-electron chi connectivity index (χ1n) is 10.2. The zero-order chi connectivity index (χ0) is 21.5. The van der Waals surface area contributed by atoms with Crippen LogP contribution in [-0.2, 0) is 0 Å². The lowest BCUT2D eigenvalue weighted by molar-refractivity contribution is -0.384. The van der Waals surface area contributed by atoms with Crippen molar-refractivity contribution in [2.75, 3.05) is 7.11 Å². The second-order valence-corrected chi connectivity index (χ2v) is 7.95. The predicted molar refractivity (Wildman–Crippen MR) is 116 cm³/mol. The molecule has 0 spiro atoms. The Balaban J connectivity index is 1.55. The summed E-state index contributed by atoms with van der Waals surface area (Å²) in [6.45, 7) is 2.08. The summed E-state index contributed by atoms with van der Waals surface area (Å²) in [4.78, 5) is 10.7. The molecule has 158 valence electrons. The van der Waals surface area contributed by atoms with Gasteiger partial charge in [-0.3, -0.25) is 10.1 Å². The number of methoxy groups -OCH3 is 1. The van der Waals surface area contributed by atoms with Gasteiger partial charge in [0.1, 0.15) is 0 Å². The Morgan fingerprint density at radius 1 is 1.06 bits per heavy atom. The molecule has 2 aliphatic heterocycles. The molecule has 0 unspecified atom stereocenters. The van der Waals surface area contributed by atoms with Crippen molar-refractivity contribution in [2.45, 2.75) is 31.7 Å². The molecule has 1 saturated heterocycles. The van der Waals surface area contributed by atoms with Gasteiger partial charge in [-0.2, -0.15) is 5.01 Å². The number of hydrazine groups is 1. The number of fused-ring (bicyclic) bond motifs is 3. The highest BCUT2D eigenvalue weighted by Crippen LogP contribution is 2.51. The zero-order valence-electron chi connectivity index (χ0n) is 17.3. The van der Waals surface area contributed by atoms with E-state index in [0.717, 1.165) is 23.3 Å². The summed E-state index contributed by atoms with van der Waals surface area (Å²) < 4.78 is 12.0. The average Bonchev–Trinajstić information content (AvgIpc) is 3.24. The van der Waals surface area contributed by atoms with Crippen LogP contribution in [0.1, 0.15) is 47.0 Å². The van der Waals surface area contributed by atoms with Gasteiger partial charge in [-0.05, 0) is 37.1 Å². The van der Waals surface area contributed by atoms with Crippen molar-refractivity contribution < 1.29 is 14.4 Å². The normalized spacial score (nSPS) is 22.3. The van der Waals surface area contributed by atoms with Crippen LogP contribution in [0, 0.1) is 17.0 Å². The summed E-state index contributed by atoms with van der Waals surface area (Å²) in [6.07, 6.45) is 0.431. The fraction of sp³-hybridized carbons (Fsp3) is 0.250. The van der Waals surface area contributed by atoms with E-state index in [1.165, 1.54) is 23.3 Å². The van der Waals surface area contributed by atoms with Crippen LogP contribution in [-0.4, -0.2) is 17.0 Å². The number of para-hydroxylation sites is 1. The van der Waals surface area contributed by atoms with Gasteiger partial charge < -0.3 is 9.47 Å². The number of nitro groups is 1. The molecule has 2 aliphatic rings. The van der Waals surface area contributed by atoms with E-state index in [1.54, 1.807) is 19.2 Å². The monoisotopic (exact) mass is 417 g/mol. The lowest BCUT2D eigenvalue weighted by Gasteiger charge is -2.39. The molecule has 3 atom stereocenters. The summed E-state index contributed by atoms with van der Waals surface area (Å²) in [5.74, 6) is 1.41. The van der Waals surface area contributed by atoms with E-state index in [1.807, 2.05) is 12.1 Å². The quantitative estimate of drug-likeness (QED) is 0.476. The van der Waals surface area contributed by atoms with E-state index < -0.39 is 11.2 Å². The highest BCUT2D eigenvalue weighted by Gasteiger charge is 2.44. The molecule has 5 rings (SSSR count). The third-order valence-electron chi connectivity index (χ3n) is 6.04. The molecule has 1 fully saturated rings. The molecule has 3 aromatic rings. The molecular formula is C24H23N3O4. The number of rotatable bonds is 4. The third kappa shape index (κ3) is 3.41. The first kappa shape index (κ1) is 19.5. The Kier molecular flexibility index (Phi) is 4.84. The van der Waals surface area contributed by atoms with E-state index in [9.17, 15) is 10.1 Å². The maximum atomic E-state index is 11.1. The molecule has 7 heteroatoms. The van der Waals surface area contributed by atoms with Crippen LogP contribution in [0.2, 0.25) is 0 Å². The molecule has 3 aromatic carbocycles. The zero-order valence-corrected chi connectivity index (χ0v) is 17.3. The molecule has 0 bridgehead atoms. The molecule has 0 saturated carbocycles. The summed E-state index contributed by atoms with van der Waals surface area (Å²) in [5.41, 5.74) is 8.03. The number of nitro benzene ring substituents is 1. The van der Waals surface area contributed by atoms with Gasteiger partial charge in [0.05, 0.1) is 18.1 Å². The number of hydrogen-bond donors (Lipinski definition) is 1. The summed E-state index contributed by atoms with van der Waals surface area (Å²) in [6, 6.07) is 21.2. The standard InChI is InChI=1S/C24H23N3O4/c1-15-6-8-16(9-7-15)20-14-21-19-4-3-5-22(30-2)23(19)31-24(26(21)25-20)17-10-12-18(13-11-17)27(28)29/h3-13,20-21,24-25H,14H2,1-2H3/t20-,21-,24-/m1/s1. The maximum Gasteiger partial charge on any atom is 0.269 e. The molecule has 1 N–H and O–H groups in total. The fourth-order valence-electron chi connectivity index (χ4n) is 4.42. The highest BCUT2D eigenvalue weighted by molar-refractivity contribution is 5.50. The highest BCUT2D eigenvalue weighted by atomic mass is 16.6. The van der Waals surface area contributed by atoms with E-state index in [4.69, 9.17) is 9.47 Å². The molecule has 0 radical (unpaired) electrons. The molecule has 0 aliphatic carbocycles. The number of ether oxygens (including phenoxy) is 2. The van der Waals surface area contributed by atoms with Gasteiger partial charge in [0.2, 0.25) is 0 Å². The number of non-ortho nitro benzene ring substituents is 1. The first-order chi connectivity index (χ1) is 15.0. The molecule has 2 heterocycles. The van der Waals surface area contributed by atoms with Crippen LogP contribution < -0.4 is 14.9 Å². The fourth-order valence-corrected chi connectivity index (χ4v) is 4.42. The van der Waals surface area contributed by atoms with Crippen LogP contribution in [0.4, 0.5) is 5.69 Å². The number of nitrogens with one attached hydrogen (secondary N) is 1. The van der Waals surface area contributed by atoms with Crippen molar-refractivity contribution in [2.24, 2.45) is 0 Å². The van der Waals surface area contributed by atoms with Gasteiger partial charge in [0.25, 0.3) is 5.69 Å². The van der Waals surface area contributed by atoms with Gasteiger partial charge in [-0.15, -0.1) is 0 Å². The molecule has 0 amide bonds. The van der Waals surface area contributed by atoms with Crippen LogP contribution in [0.3, 0.4) is 0 Å². The van der Waals surface area contributed by atoms with Gasteiger partial charge in [0.15, 0.2) is 17.7 Å². The van der Waals surface area contributed by atoms with Crippen LogP contribution >= 0.6 is 0 Å². The Labute approximate surface area is 180 Å². The minimum atomic E-state index is -0.440. The van der Waals surface area contributed by atoms with Crippen LogP contribution in [0.25, 0.3) is 0 Å².